The number of anilines is 2. The number of rotatable bonds is 7. The number of halogens is 1. The molecular formula is C26H32ClN7O4S. The van der Waals surface area contributed by atoms with Crippen molar-refractivity contribution in [2.24, 2.45) is 11.1 Å². The van der Waals surface area contributed by atoms with E-state index < -0.39 is 0 Å². The van der Waals surface area contributed by atoms with Crippen LogP contribution >= 0.6 is 23.4 Å². The van der Waals surface area contributed by atoms with Gasteiger partial charge in [-0.05, 0) is 31.9 Å². The van der Waals surface area contributed by atoms with E-state index in [1.807, 2.05) is 11.8 Å². The SMILES string of the molecule is COCCn1cnc2ccc(Sc3nc(C(C)=O)c(N4CCC5(CC4)CO[C@@H](C)[C@H]5N)nc3N)c(Cl)c2c1=O. The van der Waals surface area contributed by atoms with E-state index in [2.05, 4.69) is 15.0 Å². The van der Waals surface area contributed by atoms with Crippen LogP contribution in [0, 0.1) is 5.41 Å². The number of hydrogen-bond donors (Lipinski definition) is 2. The number of nitrogens with zero attached hydrogens (tertiary/aromatic N) is 5. The van der Waals surface area contributed by atoms with Gasteiger partial charge in [-0.15, -0.1) is 0 Å². The lowest BCUT2D eigenvalue weighted by Crippen LogP contribution is -2.51. The molecule has 4 N–H and O–H groups in total. The van der Waals surface area contributed by atoms with Crippen molar-refractivity contribution < 1.29 is 14.3 Å². The number of carbonyl (C=O) groups is 1. The topological polar surface area (TPSA) is 151 Å². The lowest BCUT2D eigenvalue weighted by Gasteiger charge is -2.41. The molecule has 2 atom stereocenters. The maximum absolute atomic E-state index is 13.1. The van der Waals surface area contributed by atoms with Crippen molar-refractivity contribution in [3.8, 4) is 0 Å². The summed E-state index contributed by atoms with van der Waals surface area (Å²) in [5, 5.41) is 0.866. The van der Waals surface area contributed by atoms with Crippen LogP contribution in [0.15, 0.2) is 33.2 Å². The molecule has 0 saturated carbocycles. The monoisotopic (exact) mass is 573 g/mol. The number of piperidine rings is 1. The molecule has 1 spiro atoms. The summed E-state index contributed by atoms with van der Waals surface area (Å²) in [5.41, 5.74) is 13.2. The predicted octanol–water partition coefficient (Wildman–Crippen LogP) is 2.75. The average Bonchev–Trinajstić information content (AvgIpc) is 3.19. The van der Waals surface area contributed by atoms with Crippen LogP contribution in [-0.2, 0) is 16.0 Å². The van der Waals surface area contributed by atoms with Crippen LogP contribution in [0.3, 0.4) is 0 Å². The Bertz CT molecular complexity index is 1470. The minimum absolute atomic E-state index is 0.0205. The number of ether oxygens (including phenoxy) is 2. The van der Waals surface area contributed by atoms with Gasteiger partial charge in [0.2, 0.25) is 0 Å². The largest absolute Gasteiger partial charge is 0.383 e. The summed E-state index contributed by atoms with van der Waals surface area (Å²) in [6.07, 6.45) is 3.17. The number of benzene rings is 1. The lowest BCUT2D eigenvalue weighted by molar-refractivity contribution is 0.0970. The van der Waals surface area contributed by atoms with Gasteiger partial charge in [-0.2, -0.15) is 0 Å². The van der Waals surface area contributed by atoms with E-state index in [1.54, 1.807) is 19.2 Å². The third kappa shape index (κ3) is 5.11. The molecule has 5 rings (SSSR count). The molecular weight excluding hydrogens is 542 g/mol. The van der Waals surface area contributed by atoms with Gasteiger partial charge in [-0.1, -0.05) is 23.4 Å². The fourth-order valence-electron chi connectivity index (χ4n) is 5.31. The quantitative estimate of drug-likeness (QED) is 0.401. The summed E-state index contributed by atoms with van der Waals surface area (Å²) in [6, 6.07) is 3.45. The number of aromatic nitrogens is 4. The number of ketones is 1. The van der Waals surface area contributed by atoms with Crippen LogP contribution in [0.2, 0.25) is 5.02 Å². The van der Waals surface area contributed by atoms with Crippen molar-refractivity contribution in [3.63, 3.8) is 0 Å². The maximum Gasteiger partial charge on any atom is 0.262 e. The molecule has 2 aliphatic heterocycles. The first-order valence-electron chi connectivity index (χ1n) is 12.8. The van der Waals surface area contributed by atoms with E-state index in [1.165, 1.54) is 17.8 Å². The minimum Gasteiger partial charge on any atom is -0.383 e. The van der Waals surface area contributed by atoms with Gasteiger partial charge in [0, 0.05) is 43.5 Å². The number of hydrogen-bond acceptors (Lipinski definition) is 11. The summed E-state index contributed by atoms with van der Waals surface area (Å²) >= 11 is 7.86. The predicted molar refractivity (Wildman–Crippen MR) is 151 cm³/mol. The van der Waals surface area contributed by atoms with Crippen molar-refractivity contribution in [3.05, 3.63) is 39.5 Å². The van der Waals surface area contributed by atoms with Gasteiger partial charge in [0.15, 0.2) is 17.4 Å². The van der Waals surface area contributed by atoms with E-state index in [4.69, 9.17) is 32.5 Å². The molecule has 0 bridgehead atoms. The van der Waals surface area contributed by atoms with Crippen LogP contribution in [0.1, 0.15) is 37.2 Å². The second kappa shape index (κ2) is 11.0. The molecule has 3 aromatic rings. The highest BCUT2D eigenvalue weighted by molar-refractivity contribution is 7.99. The molecule has 0 radical (unpaired) electrons. The van der Waals surface area contributed by atoms with Crippen LogP contribution in [-0.4, -0.2) is 70.9 Å². The Morgan fingerprint density at radius 3 is 2.69 bits per heavy atom. The molecule has 2 fully saturated rings. The van der Waals surface area contributed by atoms with Crippen LogP contribution < -0.4 is 21.9 Å². The molecule has 208 valence electrons. The number of fused-ring (bicyclic) bond motifs is 1. The third-order valence-electron chi connectivity index (χ3n) is 7.75. The number of methoxy groups -OCH3 is 1. The van der Waals surface area contributed by atoms with Crippen LogP contribution in [0.25, 0.3) is 10.9 Å². The first-order chi connectivity index (χ1) is 18.6. The van der Waals surface area contributed by atoms with Gasteiger partial charge in [0.1, 0.15) is 10.7 Å². The molecule has 0 unspecified atom stereocenters. The van der Waals surface area contributed by atoms with Crippen molar-refractivity contribution in [1.29, 1.82) is 0 Å². The fraction of sp³-hybridized carbons (Fsp3) is 0.500. The Balaban J connectivity index is 1.44. The van der Waals surface area contributed by atoms with Gasteiger partial charge in [-0.25, -0.2) is 15.0 Å². The summed E-state index contributed by atoms with van der Waals surface area (Å²) in [7, 11) is 1.56. The summed E-state index contributed by atoms with van der Waals surface area (Å²) in [5.74, 6) is 0.424. The zero-order valence-corrected chi connectivity index (χ0v) is 23.7. The number of carbonyl (C=O) groups excluding carboxylic acids is 1. The summed E-state index contributed by atoms with van der Waals surface area (Å²) < 4.78 is 12.4. The van der Waals surface area contributed by atoms with E-state index >= 15 is 0 Å². The molecule has 0 aliphatic carbocycles. The first kappa shape index (κ1) is 27.8. The summed E-state index contributed by atoms with van der Waals surface area (Å²) in [6.45, 7) is 6.17. The molecule has 0 amide bonds. The summed E-state index contributed by atoms with van der Waals surface area (Å²) in [4.78, 5) is 41.9. The molecule has 2 aliphatic rings. The van der Waals surface area contributed by atoms with Crippen molar-refractivity contribution in [1.82, 2.24) is 19.5 Å². The van der Waals surface area contributed by atoms with E-state index in [-0.39, 0.29) is 45.4 Å². The lowest BCUT2D eigenvalue weighted by atomic mass is 9.73. The highest BCUT2D eigenvalue weighted by atomic mass is 35.5. The highest BCUT2D eigenvalue weighted by Crippen LogP contribution is 2.43. The molecule has 11 nitrogen and oxygen atoms in total. The van der Waals surface area contributed by atoms with E-state index in [9.17, 15) is 9.59 Å². The van der Waals surface area contributed by atoms with Gasteiger partial charge in [-0.3, -0.25) is 14.2 Å². The molecule has 2 saturated heterocycles. The molecule has 1 aromatic carbocycles. The standard InChI is InChI=1S/C26H32ClN7O4S/c1-14(35)20-23(33-8-6-26(7-9-33)12-38-15(2)21(26)28)32-22(29)24(31-20)39-17-5-4-16-18(19(17)27)25(36)34(13-30-16)10-11-37-3/h4-5,13,15,21H,6-12,28H2,1-3H3,(H2,29,32)/t15-,21+/m0/s1. The number of nitrogen functional groups attached to an aromatic ring is 1. The maximum atomic E-state index is 13.1. The zero-order chi connectivity index (χ0) is 27.9. The van der Waals surface area contributed by atoms with Crippen molar-refractivity contribution in [2.75, 3.05) is 44.0 Å². The third-order valence-corrected chi connectivity index (χ3v) is 9.31. The first-order valence-corrected chi connectivity index (χ1v) is 14.0. The Labute approximate surface area is 235 Å². The Morgan fingerprint density at radius 2 is 2.05 bits per heavy atom. The van der Waals surface area contributed by atoms with E-state index in [0.29, 0.717) is 59.5 Å². The number of nitrogens with two attached hydrogens (primary N) is 2. The average molecular weight is 574 g/mol. The van der Waals surface area contributed by atoms with Crippen molar-refractivity contribution >= 4 is 51.7 Å². The zero-order valence-electron chi connectivity index (χ0n) is 22.1. The normalized spacial score (nSPS) is 20.7. The van der Waals surface area contributed by atoms with Crippen LogP contribution in [0.4, 0.5) is 11.6 Å². The highest BCUT2D eigenvalue weighted by Gasteiger charge is 2.48. The van der Waals surface area contributed by atoms with Gasteiger partial charge in [0.25, 0.3) is 5.56 Å². The van der Waals surface area contributed by atoms with Crippen LogP contribution in [0.5, 0.6) is 0 Å². The molecule has 2 aromatic heterocycles. The smallest absolute Gasteiger partial charge is 0.262 e. The van der Waals surface area contributed by atoms with E-state index in [0.717, 1.165) is 24.6 Å². The van der Waals surface area contributed by atoms with Crippen molar-refractivity contribution in [2.45, 2.75) is 55.3 Å². The van der Waals surface area contributed by atoms with Gasteiger partial charge in [0.05, 0.1) is 48.1 Å². The Kier molecular flexibility index (Phi) is 7.84. The Hall–Kier alpha value is -2.77. The molecule has 39 heavy (non-hydrogen) atoms. The second-order valence-corrected chi connectivity index (χ2v) is 11.6. The number of Topliss-reactive ketones (excluding diaryl/α,β-unsaturated/α-hetero) is 1. The molecule has 13 heteroatoms. The minimum atomic E-state index is -0.270. The Morgan fingerprint density at radius 1 is 1.31 bits per heavy atom. The molecule has 4 heterocycles. The fourth-order valence-corrected chi connectivity index (χ4v) is 6.49. The second-order valence-electron chi connectivity index (χ2n) is 10.1. The van der Waals surface area contributed by atoms with Gasteiger partial charge < -0.3 is 25.8 Å². The van der Waals surface area contributed by atoms with Gasteiger partial charge >= 0.3 is 0 Å².